The molecule has 0 saturated carbocycles. The molecule has 1 aliphatic heterocycles. The van der Waals surface area contributed by atoms with Crippen LogP contribution in [0, 0.1) is 11.3 Å². The number of alkyl halides is 3. The quantitative estimate of drug-likeness (QED) is 0.273. The first-order valence-electron chi connectivity index (χ1n) is 11.6. The summed E-state index contributed by atoms with van der Waals surface area (Å²) >= 11 is 7.12. The summed E-state index contributed by atoms with van der Waals surface area (Å²) in [4.78, 5) is 27.9. The Morgan fingerprint density at radius 3 is 2.44 bits per heavy atom. The maximum Gasteiger partial charge on any atom is 0.416 e. The largest absolute Gasteiger partial charge is 0.497 e. The number of nitrogens with one attached hydrogen (secondary N) is 1. The van der Waals surface area contributed by atoms with Gasteiger partial charge in [-0.25, -0.2) is 0 Å². The predicted molar refractivity (Wildman–Crippen MR) is 143 cm³/mol. The Hall–Kier alpha value is -3.94. The van der Waals surface area contributed by atoms with Crippen molar-refractivity contribution in [3.8, 4) is 11.8 Å². The molecule has 3 aromatic carbocycles. The number of nitrogens with zero attached hydrogens (tertiary/aromatic N) is 2. The zero-order valence-corrected chi connectivity index (χ0v) is 22.0. The number of amides is 2. The fourth-order valence-corrected chi connectivity index (χ4v) is 5.42. The average molecular weight is 572 g/mol. The van der Waals surface area contributed by atoms with Gasteiger partial charge in [0.2, 0.25) is 5.91 Å². The van der Waals surface area contributed by atoms with Crippen molar-refractivity contribution in [3.05, 3.63) is 105 Å². The van der Waals surface area contributed by atoms with E-state index in [1.807, 2.05) is 36.4 Å². The molecule has 1 aliphatic rings. The van der Waals surface area contributed by atoms with E-state index in [9.17, 15) is 28.0 Å². The van der Waals surface area contributed by atoms with Gasteiger partial charge in [-0.05, 0) is 60.0 Å². The summed E-state index contributed by atoms with van der Waals surface area (Å²) in [6.07, 6.45) is -4.73. The molecular weight excluding hydrogens is 551 g/mol. The topological polar surface area (TPSA) is 82.4 Å². The van der Waals surface area contributed by atoms with Crippen molar-refractivity contribution in [3.63, 3.8) is 0 Å². The number of nitriles is 1. The van der Waals surface area contributed by atoms with Crippen LogP contribution in [-0.4, -0.2) is 24.2 Å². The van der Waals surface area contributed by atoms with Crippen molar-refractivity contribution in [2.24, 2.45) is 0 Å². The number of carbonyl (C=O) groups is 2. The summed E-state index contributed by atoms with van der Waals surface area (Å²) in [7, 11) is 1.48. The van der Waals surface area contributed by atoms with E-state index in [-0.39, 0.29) is 34.2 Å². The highest BCUT2D eigenvalue weighted by atomic mass is 35.5. The van der Waals surface area contributed by atoms with Crippen LogP contribution in [0.25, 0.3) is 0 Å². The van der Waals surface area contributed by atoms with Gasteiger partial charge in [0.25, 0.3) is 5.91 Å². The highest BCUT2D eigenvalue weighted by Crippen LogP contribution is 2.43. The van der Waals surface area contributed by atoms with Crippen molar-refractivity contribution >= 4 is 40.9 Å². The predicted octanol–water partition coefficient (Wildman–Crippen LogP) is 6.11. The molecule has 11 heteroatoms. The van der Waals surface area contributed by atoms with Crippen LogP contribution in [0.3, 0.4) is 0 Å². The fourth-order valence-electron chi connectivity index (χ4n) is 3.93. The van der Waals surface area contributed by atoms with E-state index < -0.39 is 28.8 Å². The van der Waals surface area contributed by atoms with E-state index in [0.29, 0.717) is 11.4 Å². The van der Waals surface area contributed by atoms with Crippen LogP contribution in [0.4, 0.5) is 18.9 Å². The minimum atomic E-state index is -4.59. The number of carbonyl (C=O) groups excluding carboxylic acids is 2. The minimum absolute atomic E-state index is 0.0749. The van der Waals surface area contributed by atoms with Crippen LogP contribution in [-0.2, 0) is 28.7 Å². The van der Waals surface area contributed by atoms with Crippen LogP contribution < -0.4 is 15.0 Å². The molecule has 4 rings (SSSR count). The van der Waals surface area contributed by atoms with Gasteiger partial charge < -0.3 is 10.1 Å². The van der Waals surface area contributed by atoms with Crippen molar-refractivity contribution in [2.45, 2.75) is 24.4 Å². The molecule has 1 heterocycles. The van der Waals surface area contributed by atoms with Crippen LogP contribution in [0.15, 0.2) is 83.4 Å². The summed E-state index contributed by atoms with van der Waals surface area (Å²) in [6, 6.07) is 20.3. The second kappa shape index (κ2) is 11.8. The lowest BCUT2D eigenvalue weighted by Crippen LogP contribution is -2.32. The number of anilines is 1. The summed E-state index contributed by atoms with van der Waals surface area (Å²) in [5.74, 6) is -0.665. The third kappa shape index (κ3) is 6.38. The van der Waals surface area contributed by atoms with Gasteiger partial charge in [0.05, 0.1) is 17.9 Å². The van der Waals surface area contributed by atoms with E-state index in [2.05, 4.69) is 5.32 Å². The molecule has 0 bridgehead atoms. The Labute approximate surface area is 232 Å². The van der Waals surface area contributed by atoms with Gasteiger partial charge >= 0.3 is 6.18 Å². The smallest absolute Gasteiger partial charge is 0.416 e. The number of halogens is 4. The first kappa shape index (κ1) is 28.1. The molecule has 1 N–H and O–H groups in total. The Bertz CT molecular complexity index is 1450. The lowest BCUT2D eigenvalue weighted by atomic mass is 10.0. The van der Waals surface area contributed by atoms with Crippen molar-refractivity contribution in [1.29, 1.82) is 5.26 Å². The molecule has 1 unspecified atom stereocenters. The number of thioether (sulfide) groups is 1. The summed E-state index contributed by atoms with van der Waals surface area (Å²) in [5.41, 5.74) is 0.119. The molecule has 39 heavy (non-hydrogen) atoms. The van der Waals surface area contributed by atoms with Crippen LogP contribution in [0.2, 0.25) is 5.02 Å². The van der Waals surface area contributed by atoms with Gasteiger partial charge in [-0.3, -0.25) is 14.5 Å². The maximum atomic E-state index is 13.6. The van der Waals surface area contributed by atoms with Crippen LogP contribution >= 0.6 is 23.4 Å². The summed E-state index contributed by atoms with van der Waals surface area (Å²) in [5, 5.41) is 11.9. The van der Waals surface area contributed by atoms with E-state index in [0.717, 1.165) is 35.5 Å². The molecule has 0 aromatic heterocycles. The second-order valence-corrected chi connectivity index (χ2v) is 10.0. The SMILES string of the molecule is COc1ccc(N2C(=O)C(Cc3cc(C(F)(F)F)ccc3Cl)S/C2=C(/C#N)C(=O)NCc2ccccc2)cc1. The van der Waals surface area contributed by atoms with E-state index in [1.54, 1.807) is 24.3 Å². The number of rotatable bonds is 7. The van der Waals surface area contributed by atoms with Gasteiger partial charge in [0.15, 0.2) is 0 Å². The van der Waals surface area contributed by atoms with Crippen molar-refractivity contribution < 1.29 is 27.5 Å². The number of hydrogen-bond donors (Lipinski definition) is 1. The molecule has 0 radical (unpaired) electrons. The monoisotopic (exact) mass is 571 g/mol. The molecule has 1 fully saturated rings. The summed E-state index contributed by atoms with van der Waals surface area (Å²) < 4.78 is 45.1. The minimum Gasteiger partial charge on any atom is -0.497 e. The van der Waals surface area contributed by atoms with Crippen molar-refractivity contribution in [1.82, 2.24) is 5.32 Å². The normalized spacial score (nSPS) is 16.6. The van der Waals surface area contributed by atoms with Crippen LogP contribution in [0.5, 0.6) is 5.75 Å². The molecule has 200 valence electrons. The first-order valence-corrected chi connectivity index (χ1v) is 12.8. The molecule has 1 saturated heterocycles. The number of ether oxygens (including phenoxy) is 1. The molecule has 2 amide bonds. The lowest BCUT2D eigenvalue weighted by molar-refractivity contribution is -0.137. The Morgan fingerprint density at radius 2 is 1.82 bits per heavy atom. The van der Waals surface area contributed by atoms with Crippen molar-refractivity contribution in [2.75, 3.05) is 12.0 Å². The van der Waals surface area contributed by atoms with Gasteiger partial charge in [0.1, 0.15) is 22.4 Å². The Kier molecular flexibility index (Phi) is 8.53. The van der Waals surface area contributed by atoms with Crippen LogP contribution in [0.1, 0.15) is 16.7 Å². The third-order valence-corrected chi connectivity index (χ3v) is 7.54. The fraction of sp³-hybridized carbons (Fsp3) is 0.179. The highest BCUT2D eigenvalue weighted by molar-refractivity contribution is 8.05. The zero-order valence-electron chi connectivity index (χ0n) is 20.5. The first-order chi connectivity index (χ1) is 18.6. The second-order valence-electron chi connectivity index (χ2n) is 8.45. The molecular formula is C28H21ClF3N3O3S. The number of hydrogen-bond acceptors (Lipinski definition) is 5. The average Bonchev–Trinajstić information content (AvgIpc) is 3.24. The van der Waals surface area contributed by atoms with Gasteiger partial charge in [-0.2, -0.15) is 18.4 Å². The standard InChI is InChI=1S/C28H21ClF3N3O3S/c1-38-21-10-8-20(9-11-21)35-26(37)24(14-18-13-19(28(30,31)32)7-12-23(18)29)39-27(35)22(15-33)25(36)34-16-17-5-3-2-4-6-17/h2-13,24H,14,16H2,1H3,(H,34,36)/b27-22-. The van der Waals surface area contributed by atoms with Gasteiger partial charge in [-0.15, -0.1) is 0 Å². The number of benzene rings is 3. The van der Waals surface area contributed by atoms with Gasteiger partial charge in [0, 0.05) is 17.3 Å². The molecule has 6 nitrogen and oxygen atoms in total. The molecule has 0 spiro atoms. The summed E-state index contributed by atoms with van der Waals surface area (Å²) in [6.45, 7) is 0.155. The van der Waals surface area contributed by atoms with E-state index in [4.69, 9.17) is 16.3 Å². The maximum absolute atomic E-state index is 13.6. The Balaban J connectivity index is 1.70. The van der Waals surface area contributed by atoms with E-state index in [1.165, 1.54) is 12.0 Å². The Morgan fingerprint density at radius 1 is 1.13 bits per heavy atom. The molecule has 0 aliphatic carbocycles. The third-order valence-electron chi connectivity index (χ3n) is 5.91. The van der Waals surface area contributed by atoms with E-state index >= 15 is 0 Å². The highest BCUT2D eigenvalue weighted by Gasteiger charge is 2.41. The zero-order chi connectivity index (χ0) is 28.2. The lowest BCUT2D eigenvalue weighted by Gasteiger charge is -2.19. The molecule has 1 atom stereocenters. The molecule has 3 aromatic rings. The van der Waals surface area contributed by atoms with Gasteiger partial charge in [-0.1, -0.05) is 53.7 Å². The number of methoxy groups -OCH3 is 1.